The Morgan fingerprint density at radius 3 is 2.52 bits per heavy atom. The molecule has 0 amide bonds. The number of hydrogen-bond acceptors (Lipinski definition) is 3. The van der Waals surface area contributed by atoms with E-state index in [-0.39, 0.29) is 12.8 Å². The Morgan fingerprint density at radius 1 is 1.00 bits per heavy atom. The number of halogens is 3. The van der Waals surface area contributed by atoms with Crippen LogP contribution in [-0.2, 0) is 24.2 Å². The molecular formula is C26H25F3N2O2. The van der Waals surface area contributed by atoms with Crippen LogP contribution in [0.15, 0.2) is 48.5 Å². The number of benzene rings is 3. The number of fused-ring (bicyclic) bond motifs is 1. The van der Waals surface area contributed by atoms with Crippen LogP contribution in [0.3, 0.4) is 0 Å². The van der Waals surface area contributed by atoms with Gasteiger partial charge < -0.3 is 15.3 Å². The Morgan fingerprint density at radius 2 is 1.79 bits per heavy atom. The van der Waals surface area contributed by atoms with Gasteiger partial charge in [-0.15, -0.1) is 0 Å². The van der Waals surface area contributed by atoms with Crippen molar-refractivity contribution in [3.05, 3.63) is 88.2 Å². The first-order chi connectivity index (χ1) is 15.8. The lowest BCUT2D eigenvalue weighted by atomic mass is 9.94. The number of rotatable bonds is 7. The van der Waals surface area contributed by atoms with Crippen molar-refractivity contribution in [2.75, 3.05) is 16.8 Å². The number of nitrogens with one attached hydrogen (secondary N) is 1. The summed E-state index contributed by atoms with van der Waals surface area (Å²) in [7, 11) is 0. The van der Waals surface area contributed by atoms with Crippen LogP contribution in [0.1, 0.15) is 35.1 Å². The van der Waals surface area contributed by atoms with Crippen LogP contribution < -0.4 is 10.2 Å². The van der Waals surface area contributed by atoms with E-state index in [2.05, 4.69) is 11.4 Å². The second kappa shape index (κ2) is 9.57. The van der Waals surface area contributed by atoms with Crippen LogP contribution in [0.2, 0.25) is 0 Å². The largest absolute Gasteiger partial charge is 0.481 e. The third-order valence-electron chi connectivity index (χ3n) is 6.08. The molecule has 0 bridgehead atoms. The number of carboxylic acid groups (broad SMARTS) is 1. The summed E-state index contributed by atoms with van der Waals surface area (Å²) in [5, 5.41) is 12.0. The lowest BCUT2D eigenvalue weighted by molar-refractivity contribution is -0.136. The van der Waals surface area contributed by atoms with Gasteiger partial charge in [-0.1, -0.05) is 18.2 Å². The predicted molar refractivity (Wildman–Crippen MR) is 123 cm³/mol. The zero-order valence-corrected chi connectivity index (χ0v) is 18.3. The van der Waals surface area contributed by atoms with Gasteiger partial charge in [-0.25, -0.2) is 13.2 Å². The van der Waals surface area contributed by atoms with E-state index in [9.17, 15) is 18.0 Å². The van der Waals surface area contributed by atoms with Crippen molar-refractivity contribution >= 4 is 23.0 Å². The van der Waals surface area contributed by atoms with Crippen molar-refractivity contribution in [3.8, 4) is 0 Å². The summed E-state index contributed by atoms with van der Waals surface area (Å²) in [6, 6.07) is 12.8. The minimum Gasteiger partial charge on any atom is -0.481 e. The molecule has 0 unspecified atom stereocenters. The normalized spacial score (nSPS) is 13.0. The standard InChI is InChI=1S/C26H25F3N2O2/c1-16-19(15-30-20-8-6-17(23(28)13-20)7-11-25(32)33)5-4-18-3-2-12-31(26(16)18)21-9-10-22(27)24(29)14-21/h4-6,8-10,13-14,30H,2-3,7,11-12,15H2,1H3,(H,32,33). The van der Waals surface area contributed by atoms with Crippen LogP contribution in [0.4, 0.5) is 30.2 Å². The summed E-state index contributed by atoms with van der Waals surface area (Å²) in [6.45, 7) is 3.17. The van der Waals surface area contributed by atoms with Crippen molar-refractivity contribution in [1.82, 2.24) is 0 Å². The van der Waals surface area contributed by atoms with E-state index >= 15 is 0 Å². The van der Waals surface area contributed by atoms with Crippen LogP contribution in [-0.4, -0.2) is 17.6 Å². The van der Waals surface area contributed by atoms with E-state index in [0.29, 0.717) is 30.0 Å². The maximum absolute atomic E-state index is 14.3. The molecule has 1 aliphatic heterocycles. The molecule has 0 atom stereocenters. The summed E-state index contributed by atoms with van der Waals surface area (Å²) >= 11 is 0. The predicted octanol–water partition coefficient (Wildman–Crippen LogP) is 6.13. The number of aryl methyl sites for hydroxylation is 2. The Balaban J connectivity index is 1.55. The number of anilines is 3. The SMILES string of the molecule is Cc1c(CNc2ccc(CCC(=O)O)c(F)c2)ccc2c1N(c1ccc(F)c(F)c1)CCC2. The molecule has 172 valence electrons. The number of aliphatic carboxylic acids is 1. The summed E-state index contributed by atoms with van der Waals surface area (Å²) in [5.74, 6) is -3.14. The molecule has 3 aromatic carbocycles. The highest BCUT2D eigenvalue weighted by molar-refractivity contribution is 5.72. The van der Waals surface area contributed by atoms with Gasteiger partial charge in [-0.3, -0.25) is 4.79 Å². The minimum absolute atomic E-state index is 0.119. The average molecular weight is 454 g/mol. The Hall–Kier alpha value is -3.48. The molecule has 0 aliphatic carbocycles. The zero-order chi connectivity index (χ0) is 23.5. The fourth-order valence-corrected chi connectivity index (χ4v) is 4.32. The summed E-state index contributed by atoms with van der Waals surface area (Å²) < 4.78 is 41.7. The fourth-order valence-electron chi connectivity index (χ4n) is 4.32. The van der Waals surface area contributed by atoms with Gasteiger partial charge in [-0.2, -0.15) is 0 Å². The summed E-state index contributed by atoms with van der Waals surface area (Å²) in [6.07, 6.45) is 1.85. The van der Waals surface area contributed by atoms with Gasteiger partial charge in [0.1, 0.15) is 5.82 Å². The second-order valence-corrected chi connectivity index (χ2v) is 8.26. The molecule has 0 radical (unpaired) electrons. The van der Waals surface area contributed by atoms with Crippen molar-refractivity contribution in [1.29, 1.82) is 0 Å². The molecule has 4 rings (SSSR count). The number of nitrogens with zero attached hydrogens (tertiary/aromatic N) is 1. The molecule has 1 heterocycles. The first-order valence-electron chi connectivity index (χ1n) is 10.9. The van der Waals surface area contributed by atoms with Crippen molar-refractivity contribution in [3.63, 3.8) is 0 Å². The number of hydrogen-bond donors (Lipinski definition) is 2. The van der Waals surface area contributed by atoms with E-state index in [1.54, 1.807) is 18.2 Å². The average Bonchev–Trinajstić information content (AvgIpc) is 2.79. The quantitative estimate of drug-likeness (QED) is 0.451. The number of carboxylic acids is 1. The Labute approximate surface area is 190 Å². The monoisotopic (exact) mass is 454 g/mol. The Kier molecular flexibility index (Phi) is 6.58. The smallest absolute Gasteiger partial charge is 0.303 e. The van der Waals surface area contributed by atoms with Crippen molar-refractivity contribution < 1.29 is 23.1 Å². The first-order valence-corrected chi connectivity index (χ1v) is 10.9. The highest BCUT2D eigenvalue weighted by atomic mass is 19.2. The van der Waals surface area contributed by atoms with Crippen LogP contribution in [0.5, 0.6) is 0 Å². The molecule has 1 aliphatic rings. The molecule has 7 heteroatoms. The van der Waals surface area contributed by atoms with Crippen molar-refractivity contribution in [2.45, 2.75) is 39.2 Å². The van der Waals surface area contributed by atoms with Gasteiger partial charge in [0.25, 0.3) is 0 Å². The minimum atomic E-state index is -0.961. The molecule has 0 saturated carbocycles. The number of carbonyl (C=O) groups is 1. The second-order valence-electron chi connectivity index (χ2n) is 8.26. The van der Waals surface area contributed by atoms with Gasteiger partial charge in [0.15, 0.2) is 11.6 Å². The van der Waals surface area contributed by atoms with Crippen LogP contribution in [0.25, 0.3) is 0 Å². The van der Waals surface area contributed by atoms with E-state index in [1.165, 1.54) is 12.1 Å². The van der Waals surface area contributed by atoms with Gasteiger partial charge in [0, 0.05) is 42.6 Å². The first kappa shape index (κ1) is 22.7. The molecule has 0 spiro atoms. The van der Waals surface area contributed by atoms with Gasteiger partial charge in [-0.05, 0) is 72.7 Å². The zero-order valence-electron chi connectivity index (χ0n) is 18.3. The van der Waals surface area contributed by atoms with Crippen molar-refractivity contribution in [2.24, 2.45) is 0 Å². The van der Waals surface area contributed by atoms with Gasteiger partial charge >= 0.3 is 5.97 Å². The molecule has 0 fully saturated rings. The molecule has 0 saturated heterocycles. The van der Waals surface area contributed by atoms with E-state index in [4.69, 9.17) is 5.11 Å². The topological polar surface area (TPSA) is 52.6 Å². The summed E-state index contributed by atoms with van der Waals surface area (Å²) in [4.78, 5) is 12.7. The molecule has 4 nitrogen and oxygen atoms in total. The van der Waals surface area contributed by atoms with Gasteiger partial charge in [0.2, 0.25) is 0 Å². The highest BCUT2D eigenvalue weighted by Gasteiger charge is 2.22. The van der Waals surface area contributed by atoms with E-state index < -0.39 is 23.4 Å². The van der Waals surface area contributed by atoms with Crippen LogP contribution >= 0.6 is 0 Å². The lowest BCUT2D eigenvalue weighted by Gasteiger charge is -2.34. The van der Waals surface area contributed by atoms with E-state index in [0.717, 1.165) is 41.3 Å². The maximum Gasteiger partial charge on any atom is 0.303 e. The molecule has 0 aromatic heterocycles. The Bertz CT molecular complexity index is 1200. The fraction of sp³-hybridized carbons (Fsp3) is 0.269. The third kappa shape index (κ3) is 4.97. The third-order valence-corrected chi connectivity index (χ3v) is 6.08. The van der Waals surface area contributed by atoms with Gasteiger partial charge in [0.05, 0.1) is 0 Å². The van der Waals surface area contributed by atoms with Crippen LogP contribution in [0, 0.1) is 24.4 Å². The lowest BCUT2D eigenvalue weighted by Crippen LogP contribution is -2.26. The molecule has 2 N–H and O–H groups in total. The molecular weight excluding hydrogens is 429 g/mol. The van der Waals surface area contributed by atoms with E-state index in [1.807, 2.05) is 17.9 Å². The molecule has 3 aromatic rings. The maximum atomic E-state index is 14.3. The highest BCUT2D eigenvalue weighted by Crippen LogP contribution is 2.38. The molecule has 33 heavy (non-hydrogen) atoms. The summed E-state index contributed by atoms with van der Waals surface area (Å²) in [5.41, 5.74) is 5.78.